The monoisotopic (exact) mass is 673 g/mol. The summed E-state index contributed by atoms with van der Waals surface area (Å²) in [5.41, 5.74) is -0.108. The number of nitrogens with one attached hydrogen (secondary N) is 1. The maximum atomic E-state index is 14.8. The van der Waals surface area contributed by atoms with Gasteiger partial charge < -0.3 is 20.9 Å². The largest absolute Gasteiger partial charge is 0.489 e. The molecule has 1 aliphatic carbocycles. The van der Waals surface area contributed by atoms with E-state index in [9.17, 15) is 32.3 Å². The van der Waals surface area contributed by atoms with Crippen LogP contribution in [0.5, 0.6) is 5.75 Å². The Morgan fingerprint density at radius 3 is 2.72 bits per heavy atom. The van der Waals surface area contributed by atoms with Crippen LogP contribution in [-0.4, -0.2) is 51.0 Å². The highest BCUT2D eigenvalue weighted by atomic mass is 35.5. The van der Waals surface area contributed by atoms with Crippen molar-refractivity contribution in [3.8, 4) is 17.0 Å². The molecule has 46 heavy (non-hydrogen) atoms. The minimum absolute atomic E-state index is 0.0164. The van der Waals surface area contributed by atoms with Gasteiger partial charge in [-0.25, -0.2) is 9.37 Å². The molecule has 15 heteroatoms. The molecule has 3 aromatic heterocycles. The smallest absolute Gasteiger partial charge is 0.424 e. The number of alkyl halides is 3. The predicted octanol–water partition coefficient (Wildman–Crippen LogP) is 5.76. The molecule has 2 atom stereocenters. The van der Waals surface area contributed by atoms with Gasteiger partial charge in [-0.3, -0.25) is 14.3 Å². The molecule has 1 fully saturated rings. The molecule has 238 valence electrons. The summed E-state index contributed by atoms with van der Waals surface area (Å²) in [6.45, 7) is -0.238. The number of hydrogen-bond donors (Lipinski definition) is 3. The van der Waals surface area contributed by atoms with Crippen molar-refractivity contribution in [2.45, 2.75) is 43.0 Å². The summed E-state index contributed by atoms with van der Waals surface area (Å²) in [5.74, 6) is -2.37. The first kappa shape index (κ1) is 30.4. The van der Waals surface area contributed by atoms with Gasteiger partial charge in [-0.05, 0) is 44.0 Å². The Bertz CT molecular complexity index is 2090. The lowest BCUT2D eigenvalue weighted by Gasteiger charge is -2.31. The third-order valence-electron chi connectivity index (χ3n) is 8.58. The molecule has 0 radical (unpaired) electrons. The van der Waals surface area contributed by atoms with E-state index in [1.54, 1.807) is 16.9 Å². The second-order valence-electron chi connectivity index (χ2n) is 11.8. The highest BCUT2D eigenvalue weighted by Gasteiger charge is 2.58. The molecular weight excluding hydrogens is 650 g/mol. The Balaban J connectivity index is 1.31. The van der Waals surface area contributed by atoms with Crippen molar-refractivity contribution < 1.29 is 37.0 Å². The first-order chi connectivity index (χ1) is 21.7. The van der Waals surface area contributed by atoms with Gasteiger partial charge in [0.05, 0.1) is 28.0 Å². The summed E-state index contributed by atoms with van der Waals surface area (Å²) in [5, 5.41) is 20.5. The third kappa shape index (κ3) is 4.69. The summed E-state index contributed by atoms with van der Waals surface area (Å²) in [4.78, 5) is 30.0. The lowest BCUT2D eigenvalue weighted by Crippen LogP contribution is -2.51. The Kier molecular flexibility index (Phi) is 6.85. The number of benzene rings is 2. The van der Waals surface area contributed by atoms with Crippen LogP contribution in [0.3, 0.4) is 0 Å². The van der Waals surface area contributed by atoms with Gasteiger partial charge in [-0.1, -0.05) is 23.7 Å². The van der Waals surface area contributed by atoms with E-state index in [1.165, 1.54) is 36.6 Å². The lowest BCUT2D eigenvalue weighted by molar-refractivity contribution is -0.265. The fourth-order valence-electron chi connectivity index (χ4n) is 5.60. The van der Waals surface area contributed by atoms with Gasteiger partial charge in [0.2, 0.25) is 11.5 Å². The van der Waals surface area contributed by atoms with Crippen molar-refractivity contribution in [1.82, 2.24) is 20.1 Å². The topological polar surface area (TPSA) is 132 Å². The number of amides is 2. The van der Waals surface area contributed by atoms with Gasteiger partial charge in [0.15, 0.2) is 0 Å². The number of carbonyl (C=O) groups is 2. The Morgan fingerprint density at radius 1 is 1.26 bits per heavy atom. The van der Waals surface area contributed by atoms with Gasteiger partial charge in [-0.15, -0.1) is 11.3 Å². The van der Waals surface area contributed by atoms with Crippen LogP contribution in [0.15, 0.2) is 48.0 Å². The van der Waals surface area contributed by atoms with E-state index in [0.29, 0.717) is 16.3 Å². The van der Waals surface area contributed by atoms with Crippen LogP contribution >= 0.6 is 22.9 Å². The molecule has 0 spiro atoms. The molecule has 9 nitrogen and oxygen atoms in total. The van der Waals surface area contributed by atoms with Crippen LogP contribution in [0, 0.1) is 5.82 Å². The van der Waals surface area contributed by atoms with Crippen molar-refractivity contribution in [3.63, 3.8) is 0 Å². The number of aromatic nitrogens is 3. The van der Waals surface area contributed by atoms with Gasteiger partial charge >= 0.3 is 6.18 Å². The summed E-state index contributed by atoms with van der Waals surface area (Å²) in [6, 6.07) is 8.15. The average molecular weight is 674 g/mol. The van der Waals surface area contributed by atoms with Gasteiger partial charge in [0.25, 0.3) is 5.91 Å². The predicted molar refractivity (Wildman–Crippen MR) is 162 cm³/mol. The van der Waals surface area contributed by atoms with Crippen molar-refractivity contribution in [1.29, 1.82) is 0 Å². The molecule has 5 aromatic rings. The van der Waals surface area contributed by atoms with Crippen molar-refractivity contribution in [2.24, 2.45) is 5.73 Å². The molecule has 4 heterocycles. The number of fused-ring (bicyclic) bond motifs is 3. The van der Waals surface area contributed by atoms with Crippen LogP contribution in [-0.2, 0) is 15.8 Å². The number of halogens is 5. The molecule has 2 amide bonds. The fraction of sp³-hybridized carbons (Fsp3) is 0.290. The van der Waals surface area contributed by atoms with Crippen LogP contribution in [0.1, 0.15) is 47.4 Å². The number of aliphatic hydroxyl groups is 1. The Labute approximate surface area is 266 Å². The number of nitrogens with two attached hydrogens (primary N) is 1. The second-order valence-corrected chi connectivity index (χ2v) is 13.0. The normalized spacial score (nSPS) is 19.2. The molecule has 0 saturated heterocycles. The number of thiophene rings is 1. The molecule has 4 N–H and O–H groups in total. The number of hydrogen-bond acceptors (Lipinski definition) is 7. The maximum Gasteiger partial charge on any atom is 0.424 e. The fourth-order valence-corrected chi connectivity index (χ4v) is 6.83. The quantitative estimate of drug-likeness (QED) is 0.188. The molecule has 0 bridgehead atoms. The molecule has 2 aromatic carbocycles. The number of primary amides is 1. The maximum absolute atomic E-state index is 14.8. The number of carbonyl (C=O) groups excluding carboxylic acids is 2. The third-order valence-corrected chi connectivity index (χ3v) is 9.88. The number of nitrogens with zero attached hydrogens (tertiary/aromatic N) is 3. The summed E-state index contributed by atoms with van der Waals surface area (Å²) in [7, 11) is 0. The first-order valence-corrected chi connectivity index (χ1v) is 15.4. The highest BCUT2D eigenvalue weighted by Crippen LogP contribution is 2.49. The van der Waals surface area contributed by atoms with Crippen molar-refractivity contribution >= 4 is 55.7 Å². The minimum Gasteiger partial charge on any atom is -0.489 e. The Morgan fingerprint density at radius 2 is 2.02 bits per heavy atom. The zero-order valence-electron chi connectivity index (χ0n) is 23.9. The molecule has 7 rings (SSSR count). The van der Waals surface area contributed by atoms with Gasteiger partial charge in [0.1, 0.15) is 34.8 Å². The number of ether oxygens (including phenoxy) is 1. The van der Waals surface area contributed by atoms with Gasteiger partial charge in [0, 0.05) is 39.0 Å². The van der Waals surface area contributed by atoms with E-state index >= 15 is 0 Å². The first-order valence-electron chi connectivity index (χ1n) is 14.1. The van der Waals surface area contributed by atoms with Crippen LogP contribution < -0.4 is 15.8 Å². The zero-order chi connectivity index (χ0) is 32.8. The van der Waals surface area contributed by atoms with E-state index in [1.807, 2.05) is 0 Å². The SMILES string of the molecule is C[C@]1(C(N)=O)COc2c1cc([C@@](O)(CNC(=O)c1cc(Cl)c3nn(C4CC4)cc3c1)C(F)(F)F)nc2-c1csc2c(F)cccc12. The highest BCUT2D eigenvalue weighted by molar-refractivity contribution is 7.17. The molecule has 1 saturated carbocycles. The molecule has 0 unspecified atom stereocenters. The van der Waals surface area contributed by atoms with Crippen molar-refractivity contribution in [3.05, 3.63) is 75.6 Å². The van der Waals surface area contributed by atoms with Crippen LogP contribution in [0.25, 0.3) is 32.2 Å². The van der Waals surface area contributed by atoms with E-state index in [0.717, 1.165) is 30.2 Å². The van der Waals surface area contributed by atoms with E-state index in [2.05, 4.69) is 15.4 Å². The lowest BCUT2D eigenvalue weighted by atomic mass is 9.81. The van der Waals surface area contributed by atoms with E-state index in [4.69, 9.17) is 22.1 Å². The average Bonchev–Trinajstić information content (AvgIpc) is 3.45. The van der Waals surface area contributed by atoms with Crippen molar-refractivity contribution in [2.75, 3.05) is 13.2 Å². The molecule has 1 aliphatic heterocycles. The van der Waals surface area contributed by atoms with Crippen LogP contribution in [0.2, 0.25) is 5.02 Å². The summed E-state index contributed by atoms with van der Waals surface area (Å²) in [6.07, 6.45) is -1.73. The number of rotatable bonds is 7. The zero-order valence-corrected chi connectivity index (χ0v) is 25.5. The number of pyridine rings is 1. The summed E-state index contributed by atoms with van der Waals surface area (Å²) >= 11 is 7.37. The molecule has 2 aliphatic rings. The standard InChI is InChI=1S/C31H24ClF4N5O4S/c1-29(28(37)43)13-45-25-19(29)9-22(39-24(25)18-11-46-26-17(18)3-2-4-21(26)33)30(44,31(34,35)36)12-38-27(42)14-7-15-10-41(16-5-6-16)40-23(15)20(32)8-14/h2-4,7-11,16,44H,5-6,12-13H2,1H3,(H2,37,43)(H,38,42)/t29-,30-/m0/s1. The van der Waals surface area contributed by atoms with E-state index < -0.39 is 47.1 Å². The minimum atomic E-state index is -5.36. The van der Waals surface area contributed by atoms with E-state index in [-0.39, 0.29) is 50.5 Å². The summed E-state index contributed by atoms with van der Waals surface area (Å²) < 4.78 is 66.8. The second kappa shape index (κ2) is 10.4. The Hall–Kier alpha value is -4.27. The van der Waals surface area contributed by atoms with Gasteiger partial charge in [-0.2, -0.15) is 18.3 Å². The van der Waals surface area contributed by atoms with Crippen LogP contribution in [0.4, 0.5) is 17.6 Å². The molecular formula is C31H24ClF4N5O4S.